The average Bonchev–Trinajstić information content (AvgIpc) is 2.74. The number of hydrogen-bond acceptors (Lipinski definition) is 3. The first-order valence-electron chi connectivity index (χ1n) is 5.75. The zero-order chi connectivity index (χ0) is 12.0. The second-order valence-corrected chi connectivity index (χ2v) is 4.60. The topological polar surface area (TPSA) is 47.8 Å². The maximum Gasteiger partial charge on any atom is 0.238 e. The van der Waals surface area contributed by atoms with Gasteiger partial charge in [0.2, 0.25) is 5.91 Å². The first-order valence-corrected chi connectivity index (χ1v) is 5.75. The monoisotopic (exact) mass is 227 g/mol. The molecular weight excluding hydrogens is 214 g/mol. The Morgan fingerprint density at radius 3 is 2.76 bits per heavy atom. The van der Waals surface area contributed by atoms with E-state index in [1.54, 1.807) is 4.57 Å². The Bertz CT molecular complexity index is 598. The first-order chi connectivity index (χ1) is 8.18. The van der Waals surface area contributed by atoms with Gasteiger partial charge in [0.15, 0.2) is 5.82 Å². The Morgan fingerprint density at radius 1 is 1.24 bits per heavy atom. The van der Waals surface area contributed by atoms with Crippen LogP contribution in [0.3, 0.4) is 0 Å². The van der Waals surface area contributed by atoms with E-state index in [1.807, 2.05) is 38.1 Å². The molecule has 4 heteroatoms. The molecule has 0 fully saturated rings. The van der Waals surface area contributed by atoms with Crippen molar-refractivity contribution < 1.29 is 4.79 Å². The lowest BCUT2D eigenvalue weighted by Crippen LogP contribution is -2.22. The van der Waals surface area contributed by atoms with Crippen molar-refractivity contribution in [1.82, 2.24) is 14.8 Å². The Kier molecular flexibility index (Phi) is 2.11. The van der Waals surface area contributed by atoms with Crippen LogP contribution in [0, 0.1) is 0 Å². The van der Waals surface area contributed by atoms with Crippen molar-refractivity contribution in [1.29, 1.82) is 0 Å². The van der Waals surface area contributed by atoms with Gasteiger partial charge in [-0.3, -0.25) is 4.79 Å². The number of nitrogens with zero attached hydrogens (tertiary/aromatic N) is 3. The van der Waals surface area contributed by atoms with Gasteiger partial charge in [-0.2, -0.15) is 0 Å². The molecule has 0 atom stereocenters. The van der Waals surface area contributed by atoms with Crippen molar-refractivity contribution in [3.63, 3.8) is 0 Å². The molecule has 86 valence electrons. The van der Waals surface area contributed by atoms with E-state index in [9.17, 15) is 4.79 Å². The molecule has 0 saturated heterocycles. The number of benzene rings is 1. The molecule has 17 heavy (non-hydrogen) atoms. The summed E-state index contributed by atoms with van der Waals surface area (Å²) in [5, 5.41) is 8.30. The van der Waals surface area contributed by atoms with Gasteiger partial charge in [-0.25, -0.2) is 4.57 Å². The van der Waals surface area contributed by atoms with E-state index in [-0.39, 0.29) is 11.8 Å². The molecule has 0 radical (unpaired) electrons. The summed E-state index contributed by atoms with van der Waals surface area (Å²) in [6, 6.07) is 7.87. The zero-order valence-electron chi connectivity index (χ0n) is 9.84. The van der Waals surface area contributed by atoms with Crippen LogP contribution in [0.1, 0.15) is 35.9 Å². The van der Waals surface area contributed by atoms with Gasteiger partial charge >= 0.3 is 0 Å². The highest BCUT2D eigenvalue weighted by molar-refractivity contribution is 5.90. The fourth-order valence-electron chi connectivity index (χ4n) is 2.22. The molecular formula is C13H13N3O. The number of carbonyl (C=O) groups is 1. The molecule has 1 aromatic carbocycles. The lowest BCUT2D eigenvalue weighted by Gasteiger charge is -2.17. The molecule has 2 aromatic rings. The fraction of sp³-hybridized carbons (Fsp3) is 0.308. The smallest absolute Gasteiger partial charge is 0.238 e. The number of rotatable bonds is 1. The normalized spacial score (nSPS) is 13.7. The van der Waals surface area contributed by atoms with Crippen LogP contribution in [0.5, 0.6) is 0 Å². The molecule has 4 nitrogen and oxygen atoms in total. The number of hydrogen-bond donors (Lipinski definition) is 0. The van der Waals surface area contributed by atoms with E-state index >= 15 is 0 Å². The third-order valence-corrected chi connectivity index (χ3v) is 3.05. The van der Waals surface area contributed by atoms with Crippen LogP contribution in [0.2, 0.25) is 0 Å². The van der Waals surface area contributed by atoms with Crippen molar-refractivity contribution >= 4 is 5.91 Å². The molecule has 2 heterocycles. The molecule has 0 amide bonds. The van der Waals surface area contributed by atoms with Gasteiger partial charge in [-0.15, -0.1) is 10.2 Å². The Labute approximate surface area is 99.3 Å². The third kappa shape index (κ3) is 1.40. The summed E-state index contributed by atoms with van der Waals surface area (Å²) in [6.45, 7) is 4.04. The van der Waals surface area contributed by atoms with Crippen molar-refractivity contribution in [3.8, 4) is 11.4 Å². The fourth-order valence-corrected chi connectivity index (χ4v) is 2.22. The van der Waals surface area contributed by atoms with Gasteiger partial charge in [0.1, 0.15) is 5.82 Å². The number of carbonyl (C=O) groups excluding carboxylic acids is 1. The largest absolute Gasteiger partial charge is 0.274 e. The van der Waals surface area contributed by atoms with Crippen molar-refractivity contribution in [2.24, 2.45) is 0 Å². The summed E-state index contributed by atoms with van der Waals surface area (Å²) in [7, 11) is 0. The highest BCUT2D eigenvalue weighted by atomic mass is 16.2. The van der Waals surface area contributed by atoms with Crippen LogP contribution in [0.15, 0.2) is 24.3 Å². The minimum Gasteiger partial charge on any atom is -0.274 e. The molecule has 0 aliphatic carbocycles. The van der Waals surface area contributed by atoms with E-state index in [0.717, 1.165) is 17.0 Å². The van der Waals surface area contributed by atoms with Crippen molar-refractivity contribution in [3.05, 3.63) is 35.7 Å². The maximum atomic E-state index is 12.1. The maximum absolute atomic E-state index is 12.1. The van der Waals surface area contributed by atoms with Crippen LogP contribution in [-0.4, -0.2) is 20.7 Å². The molecule has 3 rings (SSSR count). The van der Waals surface area contributed by atoms with Gasteiger partial charge in [0, 0.05) is 11.5 Å². The molecule has 0 saturated carbocycles. The molecule has 1 aliphatic heterocycles. The SMILES string of the molecule is CC(C)c1nnc2n1C(=O)Cc1ccccc1-2. The average molecular weight is 227 g/mol. The molecule has 1 aliphatic rings. The van der Waals surface area contributed by atoms with Crippen LogP contribution < -0.4 is 0 Å². The van der Waals surface area contributed by atoms with Crippen LogP contribution in [0.4, 0.5) is 0 Å². The van der Waals surface area contributed by atoms with E-state index in [0.29, 0.717) is 12.2 Å². The van der Waals surface area contributed by atoms with Gasteiger partial charge in [0.05, 0.1) is 6.42 Å². The second-order valence-electron chi connectivity index (χ2n) is 4.60. The first kappa shape index (κ1) is 10.2. The summed E-state index contributed by atoms with van der Waals surface area (Å²) < 4.78 is 1.66. The highest BCUT2D eigenvalue weighted by Gasteiger charge is 2.27. The van der Waals surface area contributed by atoms with E-state index < -0.39 is 0 Å². The van der Waals surface area contributed by atoms with E-state index in [1.165, 1.54) is 0 Å². The summed E-state index contributed by atoms with van der Waals surface area (Å²) in [4.78, 5) is 12.1. The van der Waals surface area contributed by atoms with Gasteiger partial charge < -0.3 is 0 Å². The van der Waals surface area contributed by atoms with Crippen LogP contribution in [0.25, 0.3) is 11.4 Å². The van der Waals surface area contributed by atoms with Gasteiger partial charge in [0.25, 0.3) is 0 Å². The number of fused-ring (bicyclic) bond motifs is 3. The Morgan fingerprint density at radius 2 is 2.00 bits per heavy atom. The molecule has 0 spiro atoms. The zero-order valence-corrected chi connectivity index (χ0v) is 9.84. The predicted molar refractivity (Wildman–Crippen MR) is 63.9 cm³/mol. The summed E-state index contributed by atoms with van der Waals surface area (Å²) in [5.41, 5.74) is 2.05. The van der Waals surface area contributed by atoms with Crippen molar-refractivity contribution in [2.75, 3.05) is 0 Å². The predicted octanol–water partition coefficient (Wildman–Crippen LogP) is 2.26. The lowest BCUT2D eigenvalue weighted by molar-refractivity contribution is 0.0908. The summed E-state index contributed by atoms with van der Waals surface area (Å²) >= 11 is 0. The standard InChI is InChI=1S/C13H13N3O/c1-8(2)12-14-15-13-10-6-4-3-5-9(10)7-11(17)16(12)13/h3-6,8H,7H2,1-2H3. The van der Waals surface area contributed by atoms with E-state index in [4.69, 9.17) is 0 Å². The molecule has 1 aromatic heterocycles. The number of aromatic nitrogens is 3. The highest BCUT2D eigenvalue weighted by Crippen LogP contribution is 2.29. The minimum absolute atomic E-state index is 0.0624. The summed E-state index contributed by atoms with van der Waals surface area (Å²) in [6.07, 6.45) is 0.431. The Hall–Kier alpha value is -1.97. The lowest BCUT2D eigenvalue weighted by atomic mass is 10.00. The van der Waals surface area contributed by atoms with Crippen LogP contribution in [-0.2, 0) is 6.42 Å². The quantitative estimate of drug-likeness (QED) is 0.750. The Balaban J connectivity index is 2.28. The van der Waals surface area contributed by atoms with Gasteiger partial charge in [-0.05, 0) is 5.56 Å². The van der Waals surface area contributed by atoms with Crippen LogP contribution >= 0.6 is 0 Å². The molecule has 0 unspecified atom stereocenters. The minimum atomic E-state index is 0.0624. The van der Waals surface area contributed by atoms with Crippen molar-refractivity contribution in [2.45, 2.75) is 26.2 Å². The van der Waals surface area contributed by atoms with Gasteiger partial charge in [-0.1, -0.05) is 38.1 Å². The second kappa shape index (κ2) is 3.52. The third-order valence-electron chi connectivity index (χ3n) is 3.05. The van der Waals surface area contributed by atoms with E-state index in [2.05, 4.69) is 10.2 Å². The summed E-state index contributed by atoms with van der Waals surface area (Å²) in [5.74, 6) is 1.69. The molecule has 0 N–H and O–H groups in total. The molecule has 0 bridgehead atoms.